The third-order valence-electron chi connectivity index (χ3n) is 4.29. The summed E-state index contributed by atoms with van der Waals surface area (Å²) >= 11 is 0. The lowest BCUT2D eigenvalue weighted by Gasteiger charge is -2.27. The maximum atomic E-state index is 12.9. The van der Waals surface area contributed by atoms with Gasteiger partial charge in [-0.1, -0.05) is 30.3 Å². The quantitative estimate of drug-likeness (QED) is 0.552. The summed E-state index contributed by atoms with van der Waals surface area (Å²) < 4.78 is 0. The summed E-state index contributed by atoms with van der Waals surface area (Å²) in [7, 11) is 0. The molecule has 0 unspecified atom stereocenters. The number of nitrogen functional groups attached to an aromatic ring is 1. The molecular weight excluding hydrogens is 288 g/mol. The standard InChI is InChI=1S/C19H14N2O2/c1-11-8-9-13(10-16(11)20)21-18(22)14-6-2-4-12-5-3-7-15(17(12)14)19(21)23/h2-10H,20H2,1H3. The Morgan fingerprint density at radius 2 is 1.48 bits per heavy atom. The molecule has 0 bridgehead atoms. The van der Waals surface area contributed by atoms with Crippen LogP contribution in [0.2, 0.25) is 0 Å². The fourth-order valence-corrected chi connectivity index (χ4v) is 3.03. The zero-order valence-corrected chi connectivity index (χ0v) is 12.5. The van der Waals surface area contributed by atoms with E-state index in [1.54, 1.807) is 24.3 Å². The van der Waals surface area contributed by atoms with Crippen molar-refractivity contribution in [2.75, 3.05) is 10.6 Å². The third-order valence-corrected chi connectivity index (χ3v) is 4.29. The first kappa shape index (κ1) is 13.5. The van der Waals surface area contributed by atoms with Crippen molar-refractivity contribution >= 4 is 34.0 Å². The van der Waals surface area contributed by atoms with Gasteiger partial charge in [-0.25, -0.2) is 4.90 Å². The van der Waals surface area contributed by atoms with E-state index in [2.05, 4.69) is 0 Å². The molecule has 2 N–H and O–H groups in total. The number of hydrogen-bond acceptors (Lipinski definition) is 3. The Bertz CT molecular complexity index is 941. The number of amides is 2. The van der Waals surface area contributed by atoms with E-state index in [-0.39, 0.29) is 11.8 Å². The van der Waals surface area contributed by atoms with Crippen molar-refractivity contribution in [3.05, 3.63) is 71.3 Å². The molecule has 23 heavy (non-hydrogen) atoms. The average Bonchev–Trinajstić information content (AvgIpc) is 2.56. The van der Waals surface area contributed by atoms with Crippen molar-refractivity contribution in [3.8, 4) is 0 Å². The lowest BCUT2D eigenvalue weighted by molar-refractivity contribution is 0.0893. The van der Waals surface area contributed by atoms with Crippen LogP contribution in [0.3, 0.4) is 0 Å². The summed E-state index contributed by atoms with van der Waals surface area (Å²) in [5.41, 5.74) is 8.98. The zero-order chi connectivity index (χ0) is 16.1. The molecule has 4 nitrogen and oxygen atoms in total. The van der Waals surface area contributed by atoms with E-state index >= 15 is 0 Å². The Morgan fingerprint density at radius 1 is 0.870 bits per heavy atom. The van der Waals surface area contributed by atoms with Gasteiger partial charge in [0.25, 0.3) is 11.8 Å². The summed E-state index contributed by atoms with van der Waals surface area (Å²) in [4.78, 5) is 27.0. The van der Waals surface area contributed by atoms with Crippen LogP contribution >= 0.6 is 0 Å². The van der Waals surface area contributed by atoms with Crippen LogP contribution in [0.4, 0.5) is 11.4 Å². The maximum absolute atomic E-state index is 12.9. The average molecular weight is 302 g/mol. The van der Waals surface area contributed by atoms with Crippen LogP contribution < -0.4 is 10.6 Å². The van der Waals surface area contributed by atoms with Gasteiger partial charge >= 0.3 is 0 Å². The Hall–Kier alpha value is -3.14. The number of rotatable bonds is 1. The van der Waals surface area contributed by atoms with Crippen molar-refractivity contribution in [1.82, 2.24) is 0 Å². The molecule has 3 aromatic carbocycles. The SMILES string of the molecule is Cc1ccc(N2C(=O)c3cccc4cccc(c34)C2=O)cc1N. The van der Waals surface area contributed by atoms with E-state index in [1.165, 1.54) is 4.90 Å². The third kappa shape index (κ3) is 1.85. The first-order valence-corrected chi connectivity index (χ1v) is 7.34. The molecule has 0 saturated heterocycles. The topological polar surface area (TPSA) is 63.4 Å². The molecule has 0 spiro atoms. The predicted molar refractivity (Wildman–Crippen MR) is 90.7 cm³/mol. The van der Waals surface area contributed by atoms with Gasteiger partial charge in [-0.3, -0.25) is 9.59 Å². The van der Waals surface area contributed by atoms with Crippen LogP contribution in [0.5, 0.6) is 0 Å². The Morgan fingerprint density at radius 3 is 2.04 bits per heavy atom. The summed E-state index contributed by atoms with van der Waals surface area (Å²) in [6.07, 6.45) is 0. The monoisotopic (exact) mass is 302 g/mol. The molecule has 1 heterocycles. The first-order chi connectivity index (χ1) is 11.1. The van der Waals surface area contributed by atoms with Crippen LogP contribution in [0, 0.1) is 6.92 Å². The minimum Gasteiger partial charge on any atom is -0.398 e. The second kappa shape index (κ2) is 4.68. The number of carbonyl (C=O) groups is 2. The summed E-state index contributed by atoms with van der Waals surface area (Å²) in [6.45, 7) is 1.88. The van der Waals surface area contributed by atoms with Gasteiger partial charge < -0.3 is 5.73 Å². The van der Waals surface area contributed by atoms with Gasteiger partial charge in [0.05, 0.1) is 5.69 Å². The largest absolute Gasteiger partial charge is 0.398 e. The number of anilines is 2. The van der Waals surface area contributed by atoms with Crippen LogP contribution in [0.15, 0.2) is 54.6 Å². The van der Waals surface area contributed by atoms with Gasteiger partial charge in [0.2, 0.25) is 0 Å². The Kier molecular flexibility index (Phi) is 2.75. The molecule has 3 aromatic rings. The maximum Gasteiger partial charge on any atom is 0.265 e. The predicted octanol–water partition coefficient (Wildman–Crippen LogP) is 3.53. The highest BCUT2D eigenvalue weighted by Gasteiger charge is 2.33. The van der Waals surface area contributed by atoms with Crippen molar-refractivity contribution in [3.63, 3.8) is 0 Å². The molecule has 0 radical (unpaired) electrons. The van der Waals surface area contributed by atoms with Gasteiger partial charge in [-0.2, -0.15) is 0 Å². The van der Waals surface area contributed by atoms with Crippen LogP contribution in [0.25, 0.3) is 10.8 Å². The van der Waals surface area contributed by atoms with E-state index in [4.69, 9.17) is 5.73 Å². The number of nitrogens with zero attached hydrogens (tertiary/aromatic N) is 1. The van der Waals surface area contributed by atoms with Crippen LogP contribution in [-0.4, -0.2) is 11.8 Å². The summed E-state index contributed by atoms with van der Waals surface area (Å²) in [6, 6.07) is 16.2. The first-order valence-electron chi connectivity index (χ1n) is 7.34. The molecular formula is C19H14N2O2. The molecule has 0 atom stereocenters. The molecule has 112 valence electrons. The lowest BCUT2D eigenvalue weighted by Crippen LogP contribution is -2.40. The molecule has 4 rings (SSSR count). The molecule has 2 amide bonds. The van der Waals surface area contributed by atoms with Crippen molar-refractivity contribution in [2.45, 2.75) is 6.92 Å². The number of carbonyl (C=O) groups excluding carboxylic acids is 2. The fraction of sp³-hybridized carbons (Fsp3) is 0.0526. The van der Waals surface area contributed by atoms with E-state index in [1.807, 2.05) is 37.3 Å². The summed E-state index contributed by atoms with van der Waals surface area (Å²) in [5, 5.41) is 1.62. The highest BCUT2D eigenvalue weighted by atomic mass is 16.2. The highest BCUT2D eigenvalue weighted by Crippen LogP contribution is 2.33. The lowest BCUT2D eigenvalue weighted by atomic mass is 9.93. The molecule has 4 heteroatoms. The molecule has 0 saturated carbocycles. The van der Waals surface area contributed by atoms with E-state index < -0.39 is 0 Å². The van der Waals surface area contributed by atoms with E-state index in [0.717, 1.165) is 16.3 Å². The van der Waals surface area contributed by atoms with Crippen LogP contribution in [0.1, 0.15) is 26.3 Å². The minimum atomic E-state index is -0.317. The minimum absolute atomic E-state index is 0.317. The van der Waals surface area contributed by atoms with E-state index in [9.17, 15) is 9.59 Å². The molecule has 0 aliphatic carbocycles. The second-order valence-corrected chi connectivity index (χ2v) is 5.70. The number of aryl methyl sites for hydroxylation is 1. The van der Waals surface area contributed by atoms with Crippen LogP contribution in [-0.2, 0) is 0 Å². The van der Waals surface area contributed by atoms with Gasteiger partial charge in [-0.05, 0) is 42.1 Å². The highest BCUT2D eigenvalue weighted by molar-refractivity contribution is 6.35. The summed E-state index contributed by atoms with van der Waals surface area (Å²) in [5.74, 6) is -0.634. The number of imide groups is 1. The van der Waals surface area contributed by atoms with Crippen molar-refractivity contribution in [1.29, 1.82) is 0 Å². The smallest absolute Gasteiger partial charge is 0.265 e. The zero-order valence-electron chi connectivity index (χ0n) is 12.5. The number of nitrogens with two attached hydrogens (primary N) is 1. The van der Waals surface area contributed by atoms with E-state index in [0.29, 0.717) is 22.5 Å². The number of benzene rings is 3. The Labute approximate surface area is 133 Å². The normalized spacial score (nSPS) is 13.7. The second-order valence-electron chi connectivity index (χ2n) is 5.70. The number of hydrogen-bond donors (Lipinski definition) is 1. The van der Waals surface area contributed by atoms with Crippen molar-refractivity contribution in [2.24, 2.45) is 0 Å². The molecule has 1 aliphatic heterocycles. The molecule has 0 fully saturated rings. The Balaban J connectivity index is 1.97. The molecule has 0 aromatic heterocycles. The molecule has 1 aliphatic rings. The van der Waals surface area contributed by atoms with Gasteiger partial charge in [0.15, 0.2) is 0 Å². The van der Waals surface area contributed by atoms with Gasteiger partial charge in [-0.15, -0.1) is 0 Å². The van der Waals surface area contributed by atoms with Gasteiger partial charge in [0, 0.05) is 22.2 Å². The van der Waals surface area contributed by atoms with Gasteiger partial charge in [0.1, 0.15) is 0 Å². The van der Waals surface area contributed by atoms with Crippen molar-refractivity contribution < 1.29 is 9.59 Å². The fourth-order valence-electron chi connectivity index (χ4n) is 3.03.